The fourth-order valence-electron chi connectivity index (χ4n) is 1.97. The van der Waals surface area contributed by atoms with Crippen LogP contribution in [0, 0.1) is 13.8 Å². The summed E-state index contributed by atoms with van der Waals surface area (Å²) in [6.45, 7) is 3.60. The van der Waals surface area contributed by atoms with Gasteiger partial charge < -0.3 is 0 Å². The third kappa shape index (κ3) is 2.57. The van der Waals surface area contributed by atoms with E-state index in [4.69, 9.17) is 0 Å². The fourth-order valence-corrected chi connectivity index (χ4v) is 3.30. The van der Waals surface area contributed by atoms with E-state index in [2.05, 4.69) is 20.0 Å². The minimum absolute atomic E-state index is 0.211. The van der Waals surface area contributed by atoms with Gasteiger partial charge in [-0.25, -0.2) is 8.42 Å². The van der Waals surface area contributed by atoms with E-state index in [1.165, 1.54) is 10.8 Å². The van der Waals surface area contributed by atoms with Crippen LogP contribution in [0.3, 0.4) is 0 Å². The molecule has 0 saturated carbocycles. The van der Waals surface area contributed by atoms with Crippen LogP contribution in [0.5, 0.6) is 0 Å². The van der Waals surface area contributed by atoms with Crippen LogP contribution in [-0.4, -0.2) is 28.2 Å². The van der Waals surface area contributed by atoms with Crippen LogP contribution in [0.1, 0.15) is 11.1 Å². The van der Waals surface area contributed by atoms with Gasteiger partial charge in [-0.1, -0.05) is 12.1 Å². The number of hydrogen-bond acceptors (Lipinski definition) is 5. The van der Waals surface area contributed by atoms with Crippen LogP contribution in [0.4, 0.5) is 5.82 Å². The number of nitrogens with zero attached hydrogens (tertiary/aromatic N) is 4. The Labute approximate surface area is 121 Å². The number of benzene rings is 1. The number of hydrogen-bond donors (Lipinski definition) is 1. The molecule has 0 aliphatic carbocycles. The Morgan fingerprint density at radius 3 is 2.76 bits per heavy atom. The average molecular weight is 303 g/mol. The van der Waals surface area contributed by atoms with Crippen molar-refractivity contribution < 1.29 is 8.42 Å². The van der Waals surface area contributed by atoms with E-state index in [9.17, 15) is 8.42 Å². The van der Waals surface area contributed by atoms with Crippen molar-refractivity contribution in [3.05, 3.63) is 47.8 Å². The third-order valence-electron chi connectivity index (χ3n) is 3.03. The summed E-state index contributed by atoms with van der Waals surface area (Å²) < 4.78 is 28.8. The molecule has 0 unspecified atom stereocenters. The maximum absolute atomic E-state index is 12.5. The van der Waals surface area contributed by atoms with E-state index in [0.29, 0.717) is 11.2 Å². The quantitative estimate of drug-likeness (QED) is 0.792. The lowest BCUT2D eigenvalue weighted by atomic mass is 10.2. The molecule has 1 N–H and O–H groups in total. The summed E-state index contributed by atoms with van der Waals surface area (Å²) in [6.07, 6.45) is 1.41. The monoisotopic (exact) mass is 303 g/mol. The molecule has 3 aromatic rings. The summed E-state index contributed by atoms with van der Waals surface area (Å²) in [5.41, 5.74) is 2.10. The first-order chi connectivity index (χ1) is 9.95. The molecule has 2 aromatic heterocycles. The number of anilines is 1. The van der Waals surface area contributed by atoms with Crippen molar-refractivity contribution in [3.8, 4) is 0 Å². The fraction of sp³-hybridized carbons (Fsp3) is 0.154. The summed E-state index contributed by atoms with van der Waals surface area (Å²) in [7, 11) is -3.68. The largest absolute Gasteiger partial charge is 0.263 e. The van der Waals surface area contributed by atoms with Crippen molar-refractivity contribution in [2.45, 2.75) is 18.7 Å². The summed E-state index contributed by atoms with van der Waals surface area (Å²) in [6, 6.07) is 8.47. The second kappa shape index (κ2) is 4.81. The number of aromatic nitrogens is 4. The van der Waals surface area contributed by atoms with Gasteiger partial charge >= 0.3 is 0 Å². The van der Waals surface area contributed by atoms with Gasteiger partial charge in [-0.2, -0.15) is 4.52 Å². The summed E-state index contributed by atoms with van der Waals surface area (Å²) in [5.74, 6) is 0.211. The van der Waals surface area contributed by atoms with E-state index in [1.807, 2.05) is 13.0 Å². The third-order valence-corrected chi connectivity index (χ3v) is 4.53. The molecular formula is C13H13N5O2S. The standard InChI is InChI=1S/C13H13N5O2S/c1-9-3-4-10(2)11(7-9)21(19,20)17-12-5-6-13-15-14-8-18(13)16-12/h3-8H,1-2H3,(H,16,17). The highest BCUT2D eigenvalue weighted by Gasteiger charge is 2.18. The Morgan fingerprint density at radius 2 is 1.95 bits per heavy atom. The van der Waals surface area contributed by atoms with E-state index >= 15 is 0 Å². The van der Waals surface area contributed by atoms with Crippen LogP contribution in [0.15, 0.2) is 41.6 Å². The van der Waals surface area contributed by atoms with Crippen LogP contribution in [0.25, 0.3) is 5.65 Å². The maximum Gasteiger partial charge on any atom is 0.263 e. The van der Waals surface area contributed by atoms with Crippen molar-refractivity contribution in [2.24, 2.45) is 0 Å². The Kier molecular flexibility index (Phi) is 3.09. The summed E-state index contributed by atoms with van der Waals surface area (Å²) >= 11 is 0. The number of aryl methyl sites for hydroxylation is 2. The number of rotatable bonds is 3. The minimum atomic E-state index is -3.68. The van der Waals surface area contributed by atoms with Gasteiger partial charge in [-0.3, -0.25) is 4.72 Å². The molecule has 0 radical (unpaired) electrons. The highest BCUT2D eigenvalue weighted by atomic mass is 32.2. The van der Waals surface area contributed by atoms with Gasteiger partial charge in [0, 0.05) is 0 Å². The molecule has 0 amide bonds. The summed E-state index contributed by atoms with van der Waals surface area (Å²) in [5, 5.41) is 11.6. The smallest absolute Gasteiger partial charge is 0.262 e. The van der Waals surface area contributed by atoms with Crippen molar-refractivity contribution in [2.75, 3.05) is 4.72 Å². The number of nitrogens with one attached hydrogen (secondary N) is 1. The molecule has 1 aromatic carbocycles. The second-order valence-corrected chi connectivity index (χ2v) is 6.38. The lowest BCUT2D eigenvalue weighted by Gasteiger charge is -2.10. The second-order valence-electron chi connectivity index (χ2n) is 4.73. The first-order valence-electron chi connectivity index (χ1n) is 6.23. The predicted molar refractivity (Wildman–Crippen MR) is 77.5 cm³/mol. The first-order valence-corrected chi connectivity index (χ1v) is 7.71. The van der Waals surface area contributed by atoms with E-state index in [0.717, 1.165) is 5.56 Å². The van der Waals surface area contributed by atoms with Crippen molar-refractivity contribution >= 4 is 21.5 Å². The molecule has 0 bridgehead atoms. The molecule has 108 valence electrons. The predicted octanol–water partition coefficient (Wildman–Crippen LogP) is 1.54. The van der Waals surface area contributed by atoms with Gasteiger partial charge in [0.15, 0.2) is 11.5 Å². The van der Waals surface area contributed by atoms with Crippen LogP contribution in [0.2, 0.25) is 0 Å². The summed E-state index contributed by atoms with van der Waals surface area (Å²) in [4.78, 5) is 0.244. The van der Waals surface area contributed by atoms with E-state index < -0.39 is 10.0 Å². The normalized spacial score (nSPS) is 11.7. The molecule has 0 aliphatic heterocycles. The molecule has 0 atom stereocenters. The molecule has 3 rings (SSSR count). The highest BCUT2D eigenvalue weighted by Crippen LogP contribution is 2.19. The first kappa shape index (κ1) is 13.5. The Morgan fingerprint density at radius 1 is 1.14 bits per heavy atom. The van der Waals surface area contributed by atoms with Gasteiger partial charge in [-0.15, -0.1) is 15.3 Å². The van der Waals surface area contributed by atoms with Gasteiger partial charge in [0.05, 0.1) is 4.90 Å². The molecule has 0 spiro atoms. The Bertz CT molecular complexity index is 917. The lowest BCUT2D eigenvalue weighted by molar-refractivity contribution is 0.600. The highest BCUT2D eigenvalue weighted by molar-refractivity contribution is 7.92. The average Bonchev–Trinajstić information content (AvgIpc) is 2.88. The zero-order valence-electron chi connectivity index (χ0n) is 11.5. The van der Waals surface area contributed by atoms with Crippen molar-refractivity contribution in [3.63, 3.8) is 0 Å². The zero-order valence-corrected chi connectivity index (χ0v) is 12.3. The van der Waals surface area contributed by atoms with Crippen LogP contribution in [-0.2, 0) is 10.0 Å². The molecule has 0 aliphatic rings. The molecule has 21 heavy (non-hydrogen) atoms. The Balaban J connectivity index is 2.00. The van der Waals surface area contributed by atoms with E-state index in [-0.39, 0.29) is 10.7 Å². The molecule has 7 nitrogen and oxygen atoms in total. The van der Waals surface area contributed by atoms with Gasteiger partial charge in [0.1, 0.15) is 6.33 Å². The Hall–Kier alpha value is -2.48. The zero-order chi connectivity index (χ0) is 15.0. The molecule has 0 saturated heterocycles. The molecular weight excluding hydrogens is 290 g/mol. The molecule has 2 heterocycles. The van der Waals surface area contributed by atoms with E-state index in [1.54, 1.807) is 31.2 Å². The topological polar surface area (TPSA) is 89.2 Å². The van der Waals surface area contributed by atoms with Gasteiger partial charge in [0.2, 0.25) is 0 Å². The van der Waals surface area contributed by atoms with Crippen LogP contribution >= 0.6 is 0 Å². The maximum atomic E-state index is 12.5. The number of fused-ring (bicyclic) bond motifs is 1. The SMILES string of the molecule is Cc1ccc(C)c(S(=O)(=O)Nc2ccc3nncn3n2)c1. The lowest BCUT2D eigenvalue weighted by Crippen LogP contribution is -2.16. The minimum Gasteiger partial charge on any atom is -0.262 e. The number of sulfonamides is 1. The molecule has 8 heteroatoms. The molecule has 0 fully saturated rings. The van der Waals surface area contributed by atoms with Gasteiger partial charge in [-0.05, 0) is 43.2 Å². The van der Waals surface area contributed by atoms with Crippen molar-refractivity contribution in [1.82, 2.24) is 19.8 Å². The van der Waals surface area contributed by atoms with Gasteiger partial charge in [0.25, 0.3) is 10.0 Å². The van der Waals surface area contributed by atoms with Crippen LogP contribution < -0.4 is 4.72 Å². The van der Waals surface area contributed by atoms with Crippen molar-refractivity contribution in [1.29, 1.82) is 0 Å².